The Kier molecular flexibility index (Phi) is 14.0. The zero-order valence-corrected chi connectivity index (χ0v) is 34.2. The number of phosphoric ester groups is 1. The Morgan fingerprint density at radius 2 is 1.52 bits per heavy atom. The summed E-state index contributed by atoms with van der Waals surface area (Å²) < 4.78 is 54.5. The summed E-state index contributed by atoms with van der Waals surface area (Å²) in [5, 5.41) is 25.9. The summed E-state index contributed by atoms with van der Waals surface area (Å²) >= 11 is 0. The van der Waals surface area contributed by atoms with Gasteiger partial charge in [-0.25, -0.2) is 18.5 Å². The molecule has 1 amide bonds. The molecule has 0 spiro atoms. The van der Waals surface area contributed by atoms with Gasteiger partial charge < -0.3 is 49.6 Å². The van der Waals surface area contributed by atoms with E-state index in [4.69, 9.17) is 14.5 Å². The predicted octanol–water partition coefficient (Wildman–Crippen LogP) is 0.835. The fourth-order valence-corrected chi connectivity index (χ4v) is 9.12. The van der Waals surface area contributed by atoms with Crippen LogP contribution in [0, 0.1) is 0 Å². The Hall–Kier alpha value is -4.11. The van der Waals surface area contributed by atoms with Crippen molar-refractivity contribution in [2.75, 3.05) is 51.1 Å². The van der Waals surface area contributed by atoms with Crippen LogP contribution in [0.4, 0.5) is 11.4 Å². The van der Waals surface area contributed by atoms with Crippen molar-refractivity contribution < 1.29 is 70.7 Å². The van der Waals surface area contributed by atoms with Crippen molar-refractivity contribution in [3.8, 4) is 0 Å². The minimum Gasteiger partial charge on any atom is -0.387 e. The number of nitrogens with one attached hydrogen (secondary N) is 2. The van der Waals surface area contributed by atoms with Crippen LogP contribution in [0.2, 0.25) is 0 Å². The summed E-state index contributed by atoms with van der Waals surface area (Å²) in [6.07, 6.45) is -2.71. The highest BCUT2D eigenvalue weighted by Crippen LogP contribution is 2.66. The number of aliphatic hydroxyl groups excluding tert-OH is 2. The maximum atomic E-state index is 12.9. The van der Waals surface area contributed by atoms with Gasteiger partial charge in [-0.15, -0.1) is 0 Å². The number of hydrogen-bond donors (Lipinski definition) is 8. The molecule has 25 heteroatoms. The first-order valence-corrected chi connectivity index (χ1v) is 21.9. The Bertz CT molecular complexity index is 2400. The van der Waals surface area contributed by atoms with Crippen LogP contribution in [-0.4, -0.2) is 105 Å². The molecule has 1 saturated heterocycles. The Morgan fingerprint density at radius 1 is 0.914 bits per heavy atom. The van der Waals surface area contributed by atoms with Crippen LogP contribution in [0.1, 0.15) is 24.6 Å². The fraction of sp³-hybridized carbons (Fsp3) is 0.394. The van der Waals surface area contributed by atoms with Crippen LogP contribution in [-0.2, 0) is 42.9 Å². The number of phosphoric acid groups is 3. The first-order valence-electron chi connectivity index (χ1n) is 17.4. The van der Waals surface area contributed by atoms with Gasteiger partial charge in [0.15, 0.2) is 6.23 Å². The second kappa shape index (κ2) is 18.0. The van der Waals surface area contributed by atoms with E-state index in [2.05, 4.69) is 65.5 Å². The SMILES string of the molecule is CN(C)c1ccc2cc3ccc(N(C)C)cc3[n+](CCCC(=O)NC/C=C/c3cn([C@@H]4O[C@H](COP(=O)(O)OP(=O)(O)OP(=O)(O)O)[C@@H](O)[C@H]4O)c(=O)[nH]c3=O)c2c1. The first kappa shape index (κ1) is 45.0. The van der Waals surface area contributed by atoms with Gasteiger partial charge in [-0.2, -0.15) is 13.2 Å². The summed E-state index contributed by atoms with van der Waals surface area (Å²) in [5.74, 6) is -0.254. The monoisotopic (exact) mass is 873 g/mol. The Labute approximate surface area is 329 Å². The number of ether oxygens (including phenoxy) is 1. The lowest BCUT2D eigenvalue weighted by Crippen LogP contribution is -2.38. The van der Waals surface area contributed by atoms with E-state index >= 15 is 0 Å². The molecule has 22 nitrogen and oxygen atoms in total. The number of hydrogen-bond acceptors (Lipinski definition) is 14. The van der Waals surface area contributed by atoms with E-state index in [1.165, 1.54) is 12.2 Å². The van der Waals surface area contributed by atoms with Gasteiger partial charge in [0.2, 0.25) is 16.9 Å². The van der Waals surface area contributed by atoms with E-state index in [1.54, 1.807) is 0 Å². The van der Waals surface area contributed by atoms with E-state index in [9.17, 15) is 48.1 Å². The lowest BCUT2D eigenvalue weighted by molar-refractivity contribution is -0.645. The largest absolute Gasteiger partial charge is 0.490 e. The van der Waals surface area contributed by atoms with E-state index in [0.717, 1.165) is 43.9 Å². The number of aromatic nitrogens is 3. The average molecular weight is 874 g/mol. The number of anilines is 2. The molecule has 0 saturated carbocycles. The molecule has 2 aromatic carbocycles. The summed E-state index contributed by atoms with van der Waals surface area (Å²) in [4.78, 5) is 80.5. The number of carbonyl (C=O) groups excluding carboxylic acids is 1. The van der Waals surface area contributed by atoms with Crippen molar-refractivity contribution in [1.29, 1.82) is 0 Å². The van der Waals surface area contributed by atoms with Crippen molar-refractivity contribution in [2.24, 2.45) is 0 Å². The molecule has 5 rings (SSSR count). The highest BCUT2D eigenvalue weighted by Gasteiger charge is 2.47. The molecule has 316 valence electrons. The number of aromatic amines is 1. The van der Waals surface area contributed by atoms with Gasteiger partial charge in [-0.05, 0) is 30.3 Å². The number of nitrogens with zero attached hydrogens (tertiary/aromatic N) is 4. The molecule has 1 aliphatic rings. The van der Waals surface area contributed by atoms with Crippen LogP contribution in [0.3, 0.4) is 0 Å². The van der Waals surface area contributed by atoms with E-state index in [0.29, 0.717) is 13.0 Å². The van der Waals surface area contributed by atoms with Gasteiger partial charge in [-0.3, -0.25) is 23.7 Å². The number of pyridine rings is 1. The average Bonchev–Trinajstić information content (AvgIpc) is 3.39. The molecule has 8 N–H and O–H groups in total. The van der Waals surface area contributed by atoms with Crippen LogP contribution in [0.15, 0.2) is 64.3 Å². The fourth-order valence-electron chi connectivity index (χ4n) is 6.09. The molecule has 2 aromatic heterocycles. The molecule has 4 aromatic rings. The third-order valence-corrected chi connectivity index (χ3v) is 12.7. The second-order valence-corrected chi connectivity index (χ2v) is 18.0. The number of H-pyrrole nitrogens is 1. The third kappa shape index (κ3) is 11.3. The van der Waals surface area contributed by atoms with Crippen molar-refractivity contribution >= 4 is 68.6 Å². The molecule has 0 aliphatic carbocycles. The molecule has 3 heterocycles. The highest BCUT2D eigenvalue weighted by molar-refractivity contribution is 7.66. The maximum Gasteiger partial charge on any atom is 0.490 e. The van der Waals surface area contributed by atoms with Crippen molar-refractivity contribution in [3.05, 3.63) is 81.1 Å². The minimum absolute atomic E-state index is 0.00404. The van der Waals surface area contributed by atoms with E-state index in [-0.39, 0.29) is 24.4 Å². The molecule has 2 unspecified atom stereocenters. The molecule has 1 aliphatic heterocycles. The molecule has 1 fully saturated rings. The number of carbonyl (C=O) groups is 1. The lowest BCUT2D eigenvalue weighted by Gasteiger charge is -2.19. The summed E-state index contributed by atoms with van der Waals surface area (Å²) in [5.41, 5.74) is 2.07. The number of aliphatic hydroxyl groups is 2. The predicted molar refractivity (Wildman–Crippen MR) is 209 cm³/mol. The van der Waals surface area contributed by atoms with Crippen molar-refractivity contribution in [1.82, 2.24) is 14.9 Å². The second-order valence-electron chi connectivity index (χ2n) is 13.6. The number of fused-ring (bicyclic) bond motifs is 2. The van der Waals surface area contributed by atoms with Crippen LogP contribution >= 0.6 is 23.5 Å². The minimum atomic E-state index is -5.82. The zero-order chi connectivity index (χ0) is 42.7. The summed E-state index contributed by atoms with van der Waals surface area (Å²) in [6.45, 7) is -0.566. The third-order valence-electron chi connectivity index (χ3n) is 8.88. The quantitative estimate of drug-likeness (QED) is 0.0414. The van der Waals surface area contributed by atoms with Gasteiger partial charge >= 0.3 is 29.2 Å². The smallest absolute Gasteiger partial charge is 0.387 e. The Balaban J connectivity index is 1.20. The van der Waals surface area contributed by atoms with Crippen LogP contribution in [0.25, 0.3) is 27.9 Å². The molecule has 0 radical (unpaired) electrons. The lowest BCUT2D eigenvalue weighted by atomic mass is 10.1. The van der Waals surface area contributed by atoms with Gasteiger partial charge in [0, 0.05) is 88.1 Å². The molecule has 6 atom stereocenters. The number of benzene rings is 2. The molecule has 58 heavy (non-hydrogen) atoms. The van der Waals surface area contributed by atoms with Crippen molar-refractivity contribution in [3.63, 3.8) is 0 Å². The maximum absolute atomic E-state index is 12.9. The number of rotatable bonds is 17. The number of amides is 1. The first-order chi connectivity index (χ1) is 27.0. The van der Waals surface area contributed by atoms with Gasteiger partial charge in [0.05, 0.1) is 12.2 Å². The normalized spacial score (nSPS) is 20.7. The topological polar surface area (TPSA) is 304 Å². The van der Waals surface area contributed by atoms with Gasteiger partial charge in [0.25, 0.3) is 5.56 Å². The van der Waals surface area contributed by atoms with Crippen LogP contribution in [0.5, 0.6) is 0 Å². The molecular weight excluding hydrogens is 829 g/mol. The van der Waals surface area contributed by atoms with E-state index < -0.39 is 65.9 Å². The summed E-state index contributed by atoms with van der Waals surface area (Å²) in [7, 11) is -9.19. The summed E-state index contributed by atoms with van der Waals surface area (Å²) in [6, 6.07) is 14.6. The molecular formula is C33H44N6O16P3+. The van der Waals surface area contributed by atoms with Gasteiger partial charge in [-0.1, -0.05) is 12.2 Å². The Morgan fingerprint density at radius 3 is 2.09 bits per heavy atom. The standard InChI is InChI=1S/C33H43N6O16P3/c1-36(2)23-11-9-20-15-21-10-12-24(37(3)4)17-26(21)38(25(20)16-23)14-6-8-28(40)34-13-5-7-22-18-39(33(44)35-31(22)43)32-30(42)29(41)27(53-32)19-52-57(48,49)55-58(50,51)54-56(45,46)47/h5,7,9-12,15-18,27,29-30,32,41-42H,6,8,13-14,19H2,1-4H3,(H5-,34,35,40,43,44,45,46,47,48,49,50,51)/p+1/b7-5+/t27-,29-,30-,32-/m1/s1. The zero-order valence-electron chi connectivity index (χ0n) is 31.5. The van der Waals surface area contributed by atoms with Crippen molar-refractivity contribution in [2.45, 2.75) is 43.9 Å². The van der Waals surface area contributed by atoms with Gasteiger partial charge in [0.1, 0.15) is 24.9 Å². The highest BCUT2D eigenvalue weighted by atomic mass is 31.3. The van der Waals surface area contributed by atoms with Crippen LogP contribution < -0.4 is 30.9 Å². The molecule has 0 bridgehead atoms. The number of aryl methyl sites for hydroxylation is 1. The van der Waals surface area contributed by atoms with E-state index in [1.807, 2.05) is 43.0 Å².